The lowest BCUT2D eigenvalue weighted by Gasteiger charge is -2.35. The van der Waals surface area contributed by atoms with E-state index in [0.29, 0.717) is 11.8 Å². The van der Waals surface area contributed by atoms with Crippen molar-refractivity contribution in [3.8, 4) is 0 Å². The van der Waals surface area contributed by atoms with E-state index in [1.54, 1.807) is 0 Å². The number of piperidine rings is 1. The van der Waals surface area contributed by atoms with E-state index in [1.165, 1.54) is 23.3 Å². The fourth-order valence-electron chi connectivity index (χ4n) is 4.73. The average Bonchev–Trinajstić information content (AvgIpc) is 3.25. The van der Waals surface area contributed by atoms with Crippen molar-refractivity contribution < 1.29 is 9.18 Å². The van der Waals surface area contributed by atoms with Gasteiger partial charge in [-0.15, -0.1) is 0 Å². The third-order valence-electron chi connectivity index (χ3n) is 6.46. The number of hydrogen-bond acceptors (Lipinski definition) is 2. The summed E-state index contributed by atoms with van der Waals surface area (Å²) in [5, 5.41) is 0. The molecule has 4 heteroatoms. The zero-order chi connectivity index (χ0) is 20.8. The lowest BCUT2D eigenvalue weighted by Crippen LogP contribution is -2.48. The predicted octanol–water partition coefficient (Wildman–Crippen LogP) is 4.78. The van der Waals surface area contributed by atoms with E-state index in [1.807, 2.05) is 30.3 Å². The Morgan fingerprint density at radius 1 is 0.967 bits per heavy atom. The molecule has 1 amide bonds. The van der Waals surface area contributed by atoms with Crippen LogP contribution < -0.4 is 0 Å². The van der Waals surface area contributed by atoms with Crippen molar-refractivity contribution in [3.63, 3.8) is 0 Å². The van der Waals surface area contributed by atoms with Gasteiger partial charge in [0.25, 0.3) is 0 Å². The SMILES string of the molecule is O=C([C@@H]1CCCN1CC=Cc1ccccc1)N1CCC(Cc2ccc(F)cc2)CC1. The van der Waals surface area contributed by atoms with Gasteiger partial charge in [-0.3, -0.25) is 9.69 Å². The largest absolute Gasteiger partial charge is 0.341 e. The Morgan fingerprint density at radius 3 is 2.43 bits per heavy atom. The Balaban J connectivity index is 1.26. The molecule has 2 aliphatic heterocycles. The number of halogens is 1. The Hall–Kier alpha value is -2.46. The summed E-state index contributed by atoms with van der Waals surface area (Å²) in [5.41, 5.74) is 2.39. The van der Waals surface area contributed by atoms with Crippen LogP contribution in [0.1, 0.15) is 36.8 Å². The van der Waals surface area contributed by atoms with Crippen molar-refractivity contribution in [1.82, 2.24) is 9.80 Å². The summed E-state index contributed by atoms with van der Waals surface area (Å²) in [7, 11) is 0. The van der Waals surface area contributed by atoms with Crippen LogP contribution in [-0.4, -0.2) is 47.9 Å². The number of carbonyl (C=O) groups excluding carboxylic acids is 1. The van der Waals surface area contributed by atoms with Gasteiger partial charge in [-0.1, -0.05) is 54.6 Å². The molecule has 1 atom stereocenters. The van der Waals surface area contributed by atoms with E-state index < -0.39 is 0 Å². The van der Waals surface area contributed by atoms with Crippen molar-refractivity contribution in [1.29, 1.82) is 0 Å². The minimum atomic E-state index is -0.182. The second-order valence-corrected chi connectivity index (χ2v) is 8.57. The van der Waals surface area contributed by atoms with Crippen molar-refractivity contribution in [2.75, 3.05) is 26.2 Å². The number of nitrogens with zero attached hydrogens (tertiary/aromatic N) is 2. The molecule has 0 aliphatic carbocycles. The number of hydrogen-bond donors (Lipinski definition) is 0. The second kappa shape index (κ2) is 10.0. The molecule has 0 bridgehead atoms. The van der Waals surface area contributed by atoms with Crippen molar-refractivity contribution >= 4 is 12.0 Å². The van der Waals surface area contributed by atoms with Crippen LogP contribution in [0.15, 0.2) is 60.7 Å². The van der Waals surface area contributed by atoms with Gasteiger partial charge < -0.3 is 4.90 Å². The summed E-state index contributed by atoms with van der Waals surface area (Å²) in [4.78, 5) is 17.6. The first-order valence-electron chi connectivity index (χ1n) is 11.2. The molecule has 0 unspecified atom stereocenters. The maximum absolute atomic E-state index is 13.2. The highest BCUT2D eigenvalue weighted by Crippen LogP contribution is 2.25. The van der Waals surface area contributed by atoms with Gasteiger partial charge in [0.2, 0.25) is 5.91 Å². The fraction of sp³-hybridized carbons (Fsp3) is 0.423. The van der Waals surface area contributed by atoms with E-state index in [9.17, 15) is 9.18 Å². The molecular weight excluding hydrogens is 375 g/mol. The molecule has 2 aromatic rings. The molecule has 2 aromatic carbocycles. The van der Waals surface area contributed by atoms with E-state index in [0.717, 1.165) is 58.3 Å². The highest BCUT2D eigenvalue weighted by Gasteiger charge is 2.34. The summed E-state index contributed by atoms with van der Waals surface area (Å²) in [6, 6.07) is 17.2. The average molecular weight is 407 g/mol. The summed E-state index contributed by atoms with van der Waals surface area (Å²) >= 11 is 0. The Bertz CT molecular complexity index is 841. The summed E-state index contributed by atoms with van der Waals surface area (Å²) in [5.74, 6) is 0.702. The Kier molecular flexibility index (Phi) is 6.96. The van der Waals surface area contributed by atoms with E-state index >= 15 is 0 Å². The summed E-state index contributed by atoms with van der Waals surface area (Å²) in [6.45, 7) is 3.51. The van der Waals surface area contributed by atoms with Gasteiger partial charge in [-0.2, -0.15) is 0 Å². The van der Waals surface area contributed by atoms with Crippen LogP contribution in [0, 0.1) is 11.7 Å². The summed E-state index contributed by atoms with van der Waals surface area (Å²) in [6.07, 6.45) is 9.41. The maximum atomic E-state index is 13.2. The smallest absolute Gasteiger partial charge is 0.239 e. The first-order valence-corrected chi connectivity index (χ1v) is 11.2. The number of rotatable bonds is 6. The van der Waals surface area contributed by atoms with Gasteiger partial charge in [-0.25, -0.2) is 4.39 Å². The van der Waals surface area contributed by atoms with Crippen molar-refractivity contribution in [2.45, 2.75) is 38.1 Å². The molecular formula is C26H31FN2O. The predicted molar refractivity (Wildman–Crippen MR) is 119 cm³/mol. The molecule has 0 saturated carbocycles. The van der Waals surface area contributed by atoms with Crippen LogP contribution in [0.3, 0.4) is 0 Å². The zero-order valence-corrected chi connectivity index (χ0v) is 17.6. The lowest BCUT2D eigenvalue weighted by atomic mass is 9.90. The Labute approximate surface area is 179 Å². The first-order chi connectivity index (χ1) is 14.7. The van der Waals surface area contributed by atoms with Crippen molar-refractivity contribution in [2.24, 2.45) is 5.92 Å². The van der Waals surface area contributed by atoms with Crippen LogP contribution in [0.5, 0.6) is 0 Å². The van der Waals surface area contributed by atoms with Crippen molar-refractivity contribution in [3.05, 3.63) is 77.6 Å². The standard InChI is InChI=1S/C26H31FN2O/c27-24-12-10-22(11-13-24)20-23-14-18-29(19-15-23)26(30)25-9-5-17-28(25)16-4-8-21-6-2-1-3-7-21/h1-4,6-8,10-13,23,25H,5,9,14-20H2/t25-/m0/s1. The molecule has 30 heavy (non-hydrogen) atoms. The number of benzene rings is 2. The van der Waals surface area contributed by atoms with Crippen LogP contribution in [0.2, 0.25) is 0 Å². The molecule has 0 spiro atoms. The fourth-order valence-corrected chi connectivity index (χ4v) is 4.73. The second-order valence-electron chi connectivity index (χ2n) is 8.57. The molecule has 2 saturated heterocycles. The minimum absolute atomic E-state index is 0.0269. The van der Waals surface area contributed by atoms with Gasteiger partial charge >= 0.3 is 0 Å². The van der Waals surface area contributed by atoms with E-state index in [-0.39, 0.29) is 11.9 Å². The van der Waals surface area contributed by atoms with Gasteiger partial charge in [-0.05, 0) is 67.8 Å². The van der Waals surface area contributed by atoms with Crippen LogP contribution >= 0.6 is 0 Å². The van der Waals surface area contributed by atoms with Gasteiger partial charge in [0.15, 0.2) is 0 Å². The molecule has 0 N–H and O–H groups in total. The normalized spacial score (nSPS) is 20.8. The quantitative estimate of drug-likeness (QED) is 0.689. The van der Waals surface area contributed by atoms with Gasteiger partial charge in [0.1, 0.15) is 5.82 Å². The number of carbonyl (C=O) groups is 1. The molecule has 2 heterocycles. The van der Waals surface area contributed by atoms with Crippen LogP contribution in [0.4, 0.5) is 4.39 Å². The minimum Gasteiger partial charge on any atom is -0.341 e. The first kappa shape index (κ1) is 20.8. The zero-order valence-electron chi connectivity index (χ0n) is 17.6. The third kappa shape index (κ3) is 5.37. The molecule has 3 nitrogen and oxygen atoms in total. The monoisotopic (exact) mass is 406 g/mol. The Morgan fingerprint density at radius 2 is 1.70 bits per heavy atom. The van der Waals surface area contributed by atoms with Gasteiger partial charge in [0, 0.05) is 19.6 Å². The van der Waals surface area contributed by atoms with E-state index in [2.05, 4.69) is 34.1 Å². The lowest BCUT2D eigenvalue weighted by molar-refractivity contribution is -0.137. The topological polar surface area (TPSA) is 23.6 Å². The van der Waals surface area contributed by atoms with Crippen LogP contribution in [0.25, 0.3) is 6.08 Å². The molecule has 158 valence electrons. The molecule has 2 fully saturated rings. The third-order valence-corrected chi connectivity index (χ3v) is 6.46. The summed E-state index contributed by atoms with van der Waals surface area (Å²) < 4.78 is 13.1. The molecule has 0 aromatic heterocycles. The highest BCUT2D eigenvalue weighted by molar-refractivity contribution is 5.82. The van der Waals surface area contributed by atoms with Gasteiger partial charge in [0.05, 0.1) is 6.04 Å². The molecule has 0 radical (unpaired) electrons. The van der Waals surface area contributed by atoms with Crippen LogP contribution in [-0.2, 0) is 11.2 Å². The molecule has 4 rings (SSSR count). The number of likely N-dealkylation sites (tertiary alicyclic amines) is 2. The maximum Gasteiger partial charge on any atom is 0.239 e. The molecule has 2 aliphatic rings. The number of amides is 1. The highest BCUT2D eigenvalue weighted by atomic mass is 19.1. The van der Waals surface area contributed by atoms with E-state index in [4.69, 9.17) is 0 Å².